The van der Waals surface area contributed by atoms with E-state index in [9.17, 15) is 23.2 Å². The number of nitrogens with zero attached hydrogens (tertiary/aromatic N) is 2. The summed E-state index contributed by atoms with van der Waals surface area (Å²) in [7, 11) is 0. The van der Waals surface area contributed by atoms with Gasteiger partial charge in [0.2, 0.25) is 0 Å². The fourth-order valence-corrected chi connectivity index (χ4v) is 6.13. The number of imide groups is 1. The Labute approximate surface area is 204 Å². The molecule has 1 aliphatic heterocycles. The molecule has 3 aromatic rings. The highest BCUT2D eigenvalue weighted by Crippen LogP contribution is 2.42. The maximum atomic E-state index is 13.4. The molecule has 10 heteroatoms. The maximum absolute atomic E-state index is 13.4. The van der Waals surface area contributed by atoms with Gasteiger partial charge in [0.05, 0.1) is 6.54 Å². The predicted molar refractivity (Wildman–Crippen MR) is 125 cm³/mol. The number of aryl methyl sites for hydroxylation is 2. The van der Waals surface area contributed by atoms with Gasteiger partial charge in [0.15, 0.2) is 5.78 Å². The van der Waals surface area contributed by atoms with E-state index in [-0.39, 0.29) is 18.1 Å². The van der Waals surface area contributed by atoms with E-state index in [1.807, 2.05) is 22.9 Å². The number of urea groups is 1. The third-order valence-corrected chi connectivity index (χ3v) is 7.67. The minimum Gasteiger partial charge on any atom is -0.435 e. The molecule has 1 aromatic carbocycles. The van der Waals surface area contributed by atoms with E-state index in [4.69, 9.17) is 0 Å². The first-order valence-corrected chi connectivity index (χ1v) is 12.1. The van der Waals surface area contributed by atoms with Gasteiger partial charge in [-0.2, -0.15) is 8.78 Å². The van der Waals surface area contributed by atoms with Crippen LogP contribution in [-0.2, 0) is 16.8 Å². The Morgan fingerprint density at radius 1 is 1.20 bits per heavy atom. The molecule has 2 aliphatic rings. The number of thiophene rings is 1. The van der Waals surface area contributed by atoms with Crippen LogP contribution in [0.25, 0.3) is 5.69 Å². The van der Waals surface area contributed by atoms with Gasteiger partial charge in [-0.3, -0.25) is 14.5 Å². The van der Waals surface area contributed by atoms with Gasteiger partial charge >= 0.3 is 12.6 Å². The second-order valence-electron chi connectivity index (χ2n) is 8.75. The normalized spacial score (nSPS) is 19.4. The number of halogens is 2. The van der Waals surface area contributed by atoms with Crippen LogP contribution in [0.5, 0.6) is 5.75 Å². The molecular formula is C25H23F2N3O4S. The summed E-state index contributed by atoms with van der Waals surface area (Å²) in [6.45, 7) is 0.299. The number of nitrogens with one attached hydrogen (secondary N) is 1. The van der Waals surface area contributed by atoms with Gasteiger partial charge in [0.1, 0.15) is 11.3 Å². The zero-order valence-electron chi connectivity index (χ0n) is 19.1. The van der Waals surface area contributed by atoms with Crippen molar-refractivity contribution in [2.45, 2.75) is 45.3 Å². The summed E-state index contributed by atoms with van der Waals surface area (Å²) >= 11 is 1.57. The molecule has 1 unspecified atom stereocenters. The number of carbonyl (C=O) groups is 3. The second kappa shape index (κ2) is 8.60. The lowest BCUT2D eigenvalue weighted by Gasteiger charge is -2.31. The van der Waals surface area contributed by atoms with Crippen LogP contribution in [0.15, 0.2) is 41.8 Å². The van der Waals surface area contributed by atoms with Crippen molar-refractivity contribution in [2.24, 2.45) is 0 Å². The van der Waals surface area contributed by atoms with Crippen molar-refractivity contribution >= 4 is 29.1 Å². The van der Waals surface area contributed by atoms with Gasteiger partial charge in [-0.15, -0.1) is 11.3 Å². The molecule has 1 atom stereocenters. The zero-order valence-corrected chi connectivity index (χ0v) is 20.0. The minimum absolute atomic E-state index is 0.0338. The zero-order chi connectivity index (χ0) is 24.9. The van der Waals surface area contributed by atoms with E-state index < -0.39 is 24.1 Å². The van der Waals surface area contributed by atoms with Gasteiger partial charge in [-0.05, 0) is 74.9 Å². The van der Waals surface area contributed by atoms with Crippen LogP contribution in [0.1, 0.15) is 45.0 Å². The van der Waals surface area contributed by atoms with Gasteiger partial charge in [-0.25, -0.2) is 4.79 Å². The quantitative estimate of drug-likeness (QED) is 0.393. The molecule has 2 aromatic heterocycles. The molecular weight excluding hydrogens is 476 g/mol. The third-order valence-electron chi connectivity index (χ3n) is 6.69. The fourth-order valence-electron chi connectivity index (χ4n) is 5.13. The van der Waals surface area contributed by atoms with E-state index in [0.29, 0.717) is 23.4 Å². The molecule has 0 radical (unpaired) electrons. The lowest BCUT2D eigenvalue weighted by molar-refractivity contribution is -0.131. The van der Waals surface area contributed by atoms with Gasteiger partial charge in [-0.1, -0.05) is 0 Å². The fraction of sp³-hybridized carbons (Fsp3) is 0.320. The molecule has 35 heavy (non-hydrogen) atoms. The number of hydrogen-bond donors (Lipinski definition) is 1. The summed E-state index contributed by atoms with van der Waals surface area (Å²) in [6.07, 6.45) is 2.16. The first-order valence-electron chi connectivity index (χ1n) is 11.2. The molecule has 1 saturated heterocycles. The number of amides is 3. The van der Waals surface area contributed by atoms with Crippen molar-refractivity contribution in [2.75, 3.05) is 6.54 Å². The molecule has 3 heterocycles. The Morgan fingerprint density at radius 3 is 2.66 bits per heavy atom. The molecule has 1 N–H and O–H groups in total. The topological polar surface area (TPSA) is 80.6 Å². The van der Waals surface area contributed by atoms with E-state index in [1.54, 1.807) is 36.5 Å². The first kappa shape index (κ1) is 23.2. The lowest BCUT2D eigenvalue weighted by atomic mass is 9.80. The SMILES string of the molecule is Cc1cc(C(=O)CN2C(=O)NC3(CCCc4sccc43)C2=O)c(C)n1-c1ccc(OC(F)F)cc1. The largest absolute Gasteiger partial charge is 0.435 e. The van der Waals surface area contributed by atoms with E-state index in [1.165, 1.54) is 12.1 Å². The van der Waals surface area contributed by atoms with Crippen molar-refractivity contribution in [3.63, 3.8) is 0 Å². The van der Waals surface area contributed by atoms with Gasteiger partial charge in [0.25, 0.3) is 5.91 Å². The number of rotatable bonds is 6. The molecule has 1 spiro atoms. The highest BCUT2D eigenvalue weighted by molar-refractivity contribution is 7.10. The van der Waals surface area contributed by atoms with Crippen molar-refractivity contribution in [1.29, 1.82) is 0 Å². The molecule has 3 amide bonds. The number of benzene rings is 1. The highest BCUT2D eigenvalue weighted by atomic mass is 32.1. The number of ether oxygens (including phenoxy) is 1. The predicted octanol–water partition coefficient (Wildman–Crippen LogP) is 4.72. The van der Waals surface area contributed by atoms with Crippen molar-refractivity contribution in [3.05, 3.63) is 69.2 Å². The summed E-state index contributed by atoms with van der Waals surface area (Å²) in [5.41, 5.74) is 2.16. The molecule has 182 valence electrons. The monoisotopic (exact) mass is 499 g/mol. The number of carbonyl (C=O) groups excluding carboxylic acids is 3. The van der Waals surface area contributed by atoms with Crippen LogP contribution in [0.4, 0.5) is 13.6 Å². The van der Waals surface area contributed by atoms with Gasteiger partial charge < -0.3 is 14.6 Å². The Hall–Kier alpha value is -3.53. The second-order valence-corrected chi connectivity index (χ2v) is 9.75. The third kappa shape index (κ3) is 3.81. The summed E-state index contributed by atoms with van der Waals surface area (Å²) in [5, 5.41) is 4.79. The van der Waals surface area contributed by atoms with Crippen LogP contribution < -0.4 is 10.1 Å². The highest BCUT2D eigenvalue weighted by Gasteiger charge is 2.54. The molecule has 1 aliphatic carbocycles. The van der Waals surface area contributed by atoms with Crippen LogP contribution in [0.2, 0.25) is 0 Å². The standard InChI is InChI=1S/C25H23F2N3O4S/c1-14-12-18(15(2)30(14)16-5-7-17(8-6-16)34-23(26)27)20(31)13-29-22(32)25(28-24(29)33)10-3-4-21-19(25)9-11-35-21/h5-9,11-12,23H,3-4,10,13H2,1-2H3,(H,28,33). The van der Waals surface area contributed by atoms with Crippen molar-refractivity contribution < 1.29 is 27.9 Å². The number of alkyl halides is 2. The molecule has 1 fully saturated rings. The van der Waals surface area contributed by atoms with Crippen LogP contribution in [0.3, 0.4) is 0 Å². The van der Waals surface area contributed by atoms with Crippen LogP contribution in [0, 0.1) is 13.8 Å². The first-order chi connectivity index (χ1) is 16.7. The number of Topliss-reactive ketones (excluding diaryl/α,β-unsaturated/α-hetero) is 1. The van der Waals surface area contributed by atoms with Crippen LogP contribution in [-0.4, -0.2) is 40.3 Å². The van der Waals surface area contributed by atoms with Crippen molar-refractivity contribution in [1.82, 2.24) is 14.8 Å². The molecule has 0 bridgehead atoms. The Bertz CT molecular complexity index is 1330. The Kier molecular flexibility index (Phi) is 5.71. The smallest absolute Gasteiger partial charge is 0.387 e. The van der Waals surface area contributed by atoms with Crippen molar-refractivity contribution in [3.8, 4) is 11.4 Å². The average molecular weight is 500 g/mol. The number of ketones is 1. The summed E-state index contributed by atoms with van der Waals surface area (Å²) in [6, 6.07) is 9.12. The average Bonchev–Trinajstić information content (AvgIpc) is 3.47. The summed E-state index contributed by atoms with van der Waals surface area (Å²) in [4.78, 5) is 41.6. The molecule has 5 rings (SSSR count). The Morgan fingerprint density at radius 2 is 1.94 bits per heavy atom. The van der Waals surface area contributed by atoms with Gasteiger partial charge in [0, 0.05) is 33.1 Å². The maximum Gasteiger partial charge on any atom is 0.387 e. The van der Waals surface area contributed by atoms with E-state index >= 15 is 0 Å². The van der Waals surface area contributed by atoms with E-state index in [0.717, 1.165) is 33.9 Å². The Balaban J connectivity index is 1.39. The lowest BCUT2D eigenvalue weighted by Crippen LogP contribution is -2.46. The summed E-state index contributed by atoms with van der Waals surface area (Å²) in [5.74, 6) is -0.714. The van der Waals surface area contributed by atoms with Crippen LogP contribution >= 0.6 is 11.3 Å². The number of aromatic nitrogens is 1. The number of fused-ring (bicyclic) bond motifs is 2. The van der Waals surface area contributed by atoms with E-state index in [2.05, 4.69) is 10.1 Å². The minimum atomic E-state index is -2.91. The molecule has 0 saturated carbocycles. The number of hydrogen-bond acceptors (Lipinski definition) is 5. The summed E-state index contributed by atoms with van der Waals surface area (Å²) < 4.78 is 31.1. The molecule has 7 nitrogen and oxygen atoms in total.